The zero-order valence-electron chi connectivity index (χ0n) is 12.7. The quantitative estimate of drug-likeness (QED) is 0.634. The van der Waals surface area contributed by atoms with E-state index >= 15 is 0 Å². The van der Waals surface area contributed by atoms with Crippen LogP contribution in [0.2, 0.25) is 5.15 Å². The number of fused-ring (bicyclic) bond motifs is 4. The molecule has 2 aliphatic rings. The van der Waals surface area contributed by atoms with Crippen LogP contribution in [0.5, 0.6) is 5.75 Å². The number of para-hydroxylation sites is 2. The number of rotatable bonds is 1. The van der Waals surface area contributed by atoms with Crippen molar-refractivity contribution >= 4 is 22.6 Å². The maximum atomic E-state index is 6.37. The van der Waals surface area contributed by atoms with Gasteiger partial charge in [0.1, 0.15) is 17.5 Å². The Morgan fingerprint density at radius 2 is 1.71 bits per heavy atom. The molecule has 1 aliphatic carbocycles. The minimum Gasteiger partial charge on any atom is -0.485 e. The van der Waals surface area contributed by atoms with Crippen molar-refractivity contribution in [2.75, 3.05) is 0 Å². The number of hydrogen-bond acceptors (Lipinski definition) is 3. The molecule has 0 saturated carbocycles. The van der Waals surface area contributed by atoms with Crippen molar-refractivity contribution in [3.8, 4) is 17.0 Å². The molecule has 2 atom stereocenters. The van der Waals surface area contributed by atoms with E-state index in [-0.39, 0.29) is 12.0 Å². The number of nitrogens with zero attached hydrogens (tertiary/aromatic N) is 2. The summed E-state index contributed by atoms with van der Waals surface area (Å²) in [7, 11) is 0. The van der Waals surface area contributed by atoms with Crippen molar-refractivity contribution in [1.29, 1.82) is 0 Å². The van der Waals surface area contributed by atoms with Crippen LogP contribution in [0.1, 0.15) is 11.5 Å². The topological polar surface area (TPSA) is 35.0 Å². The van der Waals surface area contributed by atoms with Crippen molar-refractivity contribution in [3.05, 3.63) is 77.5 Å². The van der Waals surface area contributed by atoms with Gasteiger partial charge in [-0.1, -0.05) is 54.1 Å². The highest BCUT2D eigenvalue weighted by Gasteiger charge is 2.32. The van der Waals surface area contributed by atoms with Gasteiger partial charge in [0.2, 0.25) is 0 Å². The average Bonchev–Trinajstić information content (AvgIpc) is 2.99. The van der Waals surface area contributed by atoms with Crippen LogP contribution in [0.3, 0.4) is 0 Å². The van der Waals surface area contributed by atoms with Crippen LogP contribution in [0.25, 0.3) is 22.3 Å². The average molecular weight is 333 g/mol. The molecular weight excluding hydrogens is 320 g/mol. The van der Waals surface area contributed by atoms with E-state index in [1.807, 2.05) is 42.5 Å². The van der Waals surface area contributed by atoms with Gasteiger partial charge in [0.05, 0.1) is 11.0 Å². The summed E-state index contributed by atoms with van der Waals surface area (Å²) in [4.78, 5) is 9.14. The Kier molecular flexibility index (Phi) is 2.97. The molecule has 24 heavy (non-hydrogen) atoms. The van der Waals surface area contributed by atoms with Gasteiger partial charge in [-0.15, -0.1) is 0 Å². The van der Waals surface area contributed by atoms with E-state index in [0.717, 1.165) is 22.3 Å². The van der Waals surface area contributed by atoms with Crippen molar-refractivity contribution in [2.24, 2.45) is 0 Å². The Morgan fingerprint density at radius 1 is 0.917 bits per heavy atom. The molecule has 5 rings (SSSR count). The summed E-state index contributed by atoms with van der Waals surface area (Å²) in [5, 5.41) is 0.406. The van der Waals surface area contributed by atoms with E-state index in [1.54, 1.807) is 0 Å². The van der Waals surface area contributed by atoms with Crippen LogP contribution < -0.4 is 4.74 Å². The first-order valence-electron chi connectivity index (χ1n) is 7.88. The van der Waals surface area contributed by atoms with Gasteiger partial charge in [0.15, 0.2) is 5.15 Å². The van der Waals surface area contributed by atoms with Gasteiger partial charge in [0.25, 0.3) is 0 Å². The maximum Gasteiger partial charge on any atom is 0.156 e. The van der Waals surface area contributed by atoms with E-state index in [2.05, 4.69) is 34.3 Å². The van der Waals surface area contributed by atoms with Crippen LogP contribution in [-0.2, 0) is 0 Å². The van der Waals surface area contributed by atoms with Gasteiger partial charge in [0, 0.05) is 17.0 Å². The van der Waals surface area contributed by atoms with Crippen molar-refractivity contribution in [3.63, 3.8) is 0 Å². The fourth-order valence-electron chi connectivity index (χ4n) is 3.35. The lowest BCUT2D eigenvalue weighted by atomic mass is 9.91. The lowest BCUT2D eigenvalue weighted by molar-refractivity contribution is 0.269. The van der Waals surface area contributed by atoms with Gasteiger partial charge in [-0.3, -0.25) is 0 Å². The lowest BCUT2D eigenvalue weighted by Gasteiger charge is -2.13. The summed E-state index contributed by atoms with van der Waals surface area (Å²) in [6, 6.07) is 13.9. The highest BCUT2D eigenvalue weighted by Crippen LogP contribution is 2.43. The Labute approximate surface area is 144 Å². The Bertz CT molecular complexity index is 1030. The molecule has 4 heteroatoms. The molecule has 2 unspecified atom stereocenters. The predicted molar refractivity (Wildman–Crippen MR) is 95.4 cm³/mol. The first-order valence-corrected chi connectivity index (χ1v) is 8.26. The molecular formula is C20H13ClN2O. The second kappa shape index (κ2) is 5.18. The van der Waals surface area contributed by atoms with Gasteiger partial charge >= 0.3 is 0 Å². The largest absolute Gasteiger partial charge is 0.485 e. The normalized spacial score (nSPS) is 20.7. The monoisotopic (exact) mass is 332 g/mol. The van der Waals surface area contributed by atoms with Crippen LogP contribution in [0.15, 0.2) is 66.8 Å². The third kappa shape index (κ3) is 2.05. The maximum absolute atomic E-state index is 6.37. The summed E-state index contributed by atoms with van der Waals surface area (Å²) in [5.41, 5.74) is 4.43. The van der Waals surface area contributed by atoms with Gasteiger partial charge in [-0.05, 0) is 24.3 Å². The Balaban J connectivity index is 1.63. The van der Waals surface area contributed by atoms with E-state index in [4.69, 9.17) is 16.3 Å². The Hall–Kier alpha value is -2.65. The van der Waals surface area contributed by atoms with Crippen LogP contribution in [-0.4, -0.2) is 16.1 Å². The second-order valence-electron chi connectivity index (χ2n) is 5.98. The van der Waals surface area contributed by atoms with Crippen molar-refractivity contribution < 1.29 is 4.74 Å². The summed E-state index contributed by atoms with van der Waals surface area (Å²) in [5.74, 6) is 1.18. The standard InChI is InChI=1S/C20H13ClN2O/c21-20-19(22-15-6-2-3-7-16(15)23-20)12-9-10-14-13-5-1-4-8-17(13)24-18(14)11-12/h1-11,13,17H. The molecule has 2 aromatic carbocycles. The minimum absolute atomic E-state index is 0.0819. The molecule has 3 nitrogen and oxygen atoms in total. The first-order chi connectivity index (χ1) is 11.8. The molecule has 0 fully saturated rings. The molecule has 2 heterocycles. The van der Waals surface area contributed by atoms with Gasteiger partial charge < -0.3 is 4.74 Å². The molecule has 0 saturated heterocycles. The van der Waals surface area contributed by atoms with Crippen LogP contribution in [0, 0.1) is 0 Å². The molecule has 0 spiro atoms. The molecule has 3 aromatic rings. The summed E-state index contributed by atoms with van der Waals surface area (Å²) >= 11 is 6.37. The number of halogens is 1. The Morgan fingerprint density at radius 3 is 2.58 bits per heavy atom. The SMILES string of the molecule is Clc1nc2ccccc2nc1-c1ccc2c(c1)OC1C=CC=CC21. The minimum atomic E-state index is 0.0819. The van der Waals surface area contributed by atoms with E-state index < -0.39 is 0 Å². The number of benzene rings is 2. The summed E-state index contributed by atoms with van der Waals surface area (Å²) in [6.07, 6.45) is 8.45. The predicted octanol–water partition coefficient (Wildman–Crippen LogP) is 4.92. The smallest absolute Gasteiger partial charge is 0.156 e. The number of aromatic nitrogens is 2. The fourth-order valence-corrected chi connectivity index (χ4v) is 3.59. The molecule has 116 valence electrons. The van der Waals surface area contributed by atoms with E-state index in [9.17, 15) is 0 Å². The summed E-state index contributed by atoms with van der Waals surface area (Å²) in [6.45, 7) is 0. The van der Waals surface area contributed by atoms with Gasteiger partial charge in [-0.2, -0.15) is 0 Å². The van der Waals surface area contributed by atoms with E-state index in [0.29, 0.717) is 10.8 Å². The van der Waals surface area contributed by atoms with Gasteiger partial charge in [-0.25, -0.2) is 9.97 Å². The zero-order chi connectivity index (χ0) is 16.1. The molecule has 0 bridgehead atoms. The summed E-state index contributed by atoms with van der Waals surface area (Å²) < 4.78 is 6.07. The molecule has 0 radical (unpaired) electrons. The zero-order valence-corrected chi connectivity index (χ0v) is 13.4. The first kappa shape index (κ1) is 13.8. The second-order valence-corrected chi connectivity index (χ2v) is 6.34. The molecule has 0 amide bonds. The van der Waals surface area contributed by atoms with Crippen LogP contribution >= 0.6 is 11.6 Å². The fraction of sp³-hybridized carbons (Fsp3) is 0.100. The highest BCUT2D eigenvalue weighted by molar-refractivity contribution is 6.32. The number of hydrogen-bond donors (Lipinski definition) is 0. The molecule has 1 aliphatic heterocycles. The highest BCUT2D eigenvalue weighted by atomic mass is 35.5. The van der Waals surface area contributed by atoms with Crippen molar-refractivity contribution in [1.82, 2.24) is 9.97 Å². The third-order valence-electron chi connectivity index (χ3n) is 4.52. The van der Waals surface area contributed by atoms with Crippen LogP contribution in [0.4, 0.5) is 0 Å². The molecule has 0 N–H and O–H groups in total. The van der Waals surface area contributed by atoms with E-state index in [1.165, 1.54) is 5.56 Å². The number of ether oxygens (including phenoxy) is 1. The third-order valence-corrected chi connectivity index (χ3v) is 4.78. The number of allylic oxidation sites excluding steroid dienone is 2. The lowest BCUT2D eigenvalue weighted by Crippen LogP contribution is -2.15. The molecule has 1 aromatic heterocycles. The van der Waals surface area contributed by atoms with Crippen molar-refractivity contribution in [2.45, 2.75) is 12.0 Å².